The molecule has 0 saturated carbocycles. The zero-order valence-electron chi connectivity index (χ0n) is 21.7. The standard InChI is InChI=1S/C30H28N2O6S/c1-21-17-18-27(37-3)26(19-21)31-29(33)28(22-11-6-4-7-12-22)38-30(34)23-13-10-16-25(20-23)39(35,36)32(2)24-14-8-5-9-15-24/h4-20,28H,1-3H3,(H,31,33)/t28-/m0/s1. The Bertz CT molecular complexity index is 1570. The minimum Gasteiger partial charge on any atom is -0.495 e. The van der Waals surface area contributed by atoms with E-state index in [0.717, 1.165) is 9.87 Å². The van der Waals surface area contributed by atoms with Crippen molar-refractivity contribution < 1.29 is 27.5 Å². The van der Waals surface area contributed by atoms with Crippen LogP contribution in [0.5, 0.6) is 5.75 Å². The number of hydrogen-bond donors (Lipinski definition) is 1. The van der Waals surface area contributed by atoms with E-state index < -0.39 is 28.0 Å². The summed E-state index contributed by atoms with van der Waals surface area (Å²) in [7, 11) is -1.04. The Labute approximate surface area is 227 Å². The summed E-state index contributed by atoms with van der Waals surface area (Å²) in [6.45, 7) is 1.88. The topological polar surface area (TPSA) is 102 Å². The summed E-state index contributed by atoms with van der Waals surface area (Å²) < 4.78 is 38.7. The maximum absolute atomic E-state index is 13.4. The lowest BCUT2D eigenvalue weighted by molar-refractivity contribution is -0.125. The molecular formula is C30H28N2O6S. The molecule has 0 radical (unpaired) electrons. The molecule has 9 heteroatoms. The van der Waals surface area contributed by atoms with Crippen LogP contribution in [-0.2, 0) is 19.6 Å². The second kappa shape index (κ2) is 11.8. The van der Waals surface area contributed by atoms with E-state index in [-0.39, 0.29) is 10.5 Å². The SMILES string of the molecule is COc1ccc(C)cc1NC(=O)[C@@H](OC(=O)c1cccc(S(=O)(=O)N(C)c2ccccc2)c1)c1ccccc1. The summed E-state index contributed by atoms with van der Waals surface area (Å²) in [5.74, 6) is -0.992. The van der Waals surface area contributed by atoms with E-state index in [4.69, 9.17) is 9.47 Å². The quantitative estimate of drug-likeness (QED) is 0.285. The van der Waals surface area contributed by atoms with Gasteiger partial charge in [-0.2, -0.15) is 0 Å². The van der Waals surface area contributed by atoms with Gasteiger partial charge in [0.05, 0.1) is 28.9 Å². The number of hydrogen-bond acceptors (Lipinski definition) is 6. The number of carbonyl (C=O) groups excluding carboxylic acids is 2. The predicted molar refractivity (Wildman–Crippen MR) is 149 cm³/mol. The van der Waals surface area contributed by atoms with Crippen molar-refractivity contribution >= 4 is 33.3 Å². The van der Waals surface area contributed by atoms with Gasteiger partial charge in [-0.15, -0.1) is 0 Å². The zero-order valence-corrected chi connectivity index (χ0v) is 22.5. The van der Waals surface area contributed by atoms with E-state index in [1.807, 2.05) is 13.0 Å². The molecular weight excluding hydrogens is 516 g/mol. The minimum atomic E-state index is -3.97. The number of amides is 1. The van der Waals surface area contributed by atoms with Crippen molar-refractivity contribution in [3.8, 4) is 5.75 Å². The van der Waals surface area contributed by atoms with E-state index in [1.54, 1.807) is 72.8 Å². The zero-order chi connectivity index (χ0) is 28.0. The molecule has 4 aromatic carbocycles. The van der Waals surface area contributed by atoms with Gasteiger partial charge in [0.25, 0.3) is 15.9 Å². The van der Waals surface area contributed by atoms with Crippen LogP contribution in [0.15, 0.2) is 108 Å². The summed E-state index contributed by atoms with van der Waals surface area (Å²) in [6, 6.07) is 28.0. The molecule has 1 amide bonds. The molecule has 0 unspecified atom stereocenters. The van der Waals surface area contributed by atoms with Crippen LogP contribution in [0.25, 0.3) is 0 Å². The van der Waals surface area contributed by atoms with Gasteiger partial charge in [0.1, 0.15) is 5.75 Å². The molecule has 0 aromatic heterocycles. The number of anilines is 2. The van der Waals surface area contributed by atoms with Crippen molar-refractivity contribution in [1.82, 2.24) is 0 Å². The lowest BCUT2D eigenvalue weighted by Crippen LogP contribution is -2.27. The fourth-order valence-corrected chi connectivity index (χ4v) is 5.15. The van der Waals surface area contributed by atoms with E-state index in [0.29, 0.717) is 22.7 Å². The Balaban J connectivity index is 1.61. The van der Waals surface area contributed by atoms with Gasteiger partial charge in [-0.1, -0.05) is 60.7 Å². The first-order valence-electron chi connectivity index (χ1n) is 12.1. The van der Waals surface area contributed by atoms with Crippen molar-refractivity contribution in [3.05, 3.63) is 120 Å². The van der Waals surface area contributed by atoms with Gasteiger partial charge in [-0.3, -0.25) is 9.10 Å². The molecule has 1 N–H and O–H groups in total. The number of ether oxygens (including phenoxy) is 2. The van der Waals surface area contributed by atoms with E-state index in [1.165, 1.54) is 38.4 Å². The molecule has 4 rings (SSSR count). The van der Waals surface area contributed by atoms with Crippen LogP contribution in [-0.4, -0.2) is 34.5 Å². The summed E-state index contributed by atoms with van der Waals surface area (Å²) in [6.07, 6.45) is -1.31. The van der Waals surface area contributed by atoms with E-state index in [2.05, 4.69) is 5.32 Å². The third-order valence-corrected chi connectivity index (χ3v) is 7.81. The molecule has 0 fully saturated rings. The number of nitrogens with one attached hydrogen (secondary N) is 1. The van der Waals surface area contributed by atoms with E-state index in [9.17, 15) is 18.0 Å². The molecule has 1 atom stereocenters. The number of sulfonamides is 1. The number of para-hydroxylation sites is 1. The molecule has 39 heavy (non-hydrogen) atoms. The lowest BCUT2D eigenvalue weighted by Gasteiger charge is -2.21. The molecule has 0 saturated heterocycles. The number of esters is 1. The number of aryl methyl sites for hydroxylation is 1. The normalized spacial score (nSPS) is 11.8. The molecule has 0 spiro atoms. The second-order valence-corrected chi connectivity index (χ2v) is 10.7. The number of carbonyl (C=O) groups is 2. The molecule has 4 aromatic rings. The average Bonchev–Trinajstić information content (AvgIpc) is 2.96. The fourth-order valence-electron chi connectivity index (χ4n) is 3.91. The maximum Gasteiger partial charge on any atom is 0.339 e. The Morgan fingerprint density at radius 1 is 0.846 bits per heavy atom. The summed E-state index contributed by atoms with van der Waals surface area (Å²) in [5.41, 5.74) is 2.23. The molecule has 0 aliphatic rings. The third kappa shape index (κ3) is 6.27. The van der Waals surface area contributed by atoms with Crippen molar-refractivity contribution in [3.63, 3.8) is 0 Å². The number of nitrogens with zero attached hydrogens (tertiary/aromatic N) is 1. The Kier molecular flexibility index (Phi) is 8.31. The smallest absolute Gasteiger partial charge is 0.339 e. The van der Waals surface area contributed by atoms with Gasteiger partial charge >= 0.3 is 5.97 Å². The van der Waals surface area contributed by atoms with Gasteiger partial charge in [0, 0.05) is 12.6 Å². The highest BCUT2D eigenvalue weighted by Gasteiger charge is 2.28. The van der Waals surface area contributed by atoms with Crippen molar-refractivity contribution in [1.29, 1.82) is 0 Å². The summed E-state index contributed by atoms with van der Waals surface area (Å²) in [5, 5.41) is 2.78. The van der Waals surface area contributed by atoms with Crippen molar-refractivity contribution in [2.45, 2.75) is 17.9 Å². The molecule has 8 nitrogen and oxygen atoms in total. The van der Waals surface area contributed by atoms with Crippen LogP contribution < -0.4 is 14.4 Å². The Hall–Kier alpha value is -4.63. The molecule has 0 bridgehead atoms. The minimum absolute atomic E-state index is 0.0144. The maximum atomic E-state index is 13.4. The third-order valence-electron chi connectivity index (χ3n) is 6.03. The van der Waals surface area contributed by atoms with Crippen LogP contribution in [0.4, 0.5) is 11.4 Å². The van der Waals surface area contributed by atoms with Gasteiger partial charge in [0.15, 0.2) is 0 Å². The lowest BCUT2D eigenvalue weighted by atomic mass is 10.1. The average molecular weight is 545 g/mol. The Morgan fingerprint density at radius 3 is 2.18 bits per heavy atom. The van der Waals surface area contributed by atoms with Crippen LogP contribution in [0.3, 0.4) is 0 Å². The number of benzene rings is 4. The largest absolute Gasteiger partial charge is 0.495 e. The first-order valence-corrected chi connectivity index (χ1v) is 13.5. The molecule has 0 aliphatic heterocycles. The number of rotatable bonds is 9. The highest BCUT2D eigenvalue weighted by atomic mass is 32.2. The van der Waals surface area contributed by atoms with Crippen LogP contribution in [0.1, 0.15) is 27.6 Å². The van der Waals surface area contributed by atoms with Crippen molar-refractivity contribution in [2.24, 2.45) is 0 Å². The highest BCUT2D eigenvalue weighted by Crippen LogP contribution is 2.29. The van der Waals surface area contributed by atoms with Crippen LogP contribution in [0, 0.1) is 6.92 Å². The van der Waals surface area contributed by atoms with Gasteiger partial charge < -0.3 is 14.8 Å². The highest BCUT2D eigenvalue weighted by molar-refractivity contribution is 7.92. The molecule has 200 valence electrons. The van der Waals surface area contributed by atoms with E-state index >= 15 is 0 Å². The first kappa shape index (κ1) is 27.4. The van der Waals surface area contributed by atoms with Crippen LogP contribution >= 0.6 is 0 Å². The van der Waals surface area contributed by atoms with Gasteiger partial charge in [0.2, 0.25) is 6.10 Å². The first-order chi connectivity index (χ1) is 18.7. The van der Waals surface area contributed by atoms with Crippen LogP contribution in [0.2, 0.25) is 0 Å². The monoisotopic (exact) mass is 544 g/mol. The molecule has 0 aliphatic carbocycles. The number of methoxy groups -OCH3 is 1. The Morgan fingerprint density at radius 2 is 1.51 bits per heavy atom. The fraction of sp³-hybridized carbons (Fsp3) is 0.133. The summed E-state index contributed by atoms with van der Waals surface area (Å²) in [4.78, 5) is 26.5. The molecule has 0 heterocycles. The van der Waals surface area contributed by atoms with Gasteiger partial charge in [-0.25, -0.2) is 13.2 Å². The second-order valence-electron chi connectivity index (χ2n) is 8.72. The van der Waals surface area contributed by atoms with Crippen molar-refractivity contribution in [2.75, 3.05) is 23.8 Å². The van der Waals surface area contributed by atoms with Gasteiger partial charge in [-0.05, 0) is 55.0 Å². The predicted octanol–water partition coefficient (Wildman–Crippen LogP) is 5.37. The summed E-state index contributed by atoms with van der Waals surface area (Å²) >= 11 is 0.